The van der Waals surface area contributed by atoms with Crippen LogP contribution in [0.25, 0.3) is 11.4 Å². The van der Waals surface area contributed by atoms with Crippen LogP contribution >= 0.6 is 22.6 Å². The lowest BCUT2D eigenvalue weighted by Crippen LogP contribution is -2.08. The SMILES string of the molecule is CCCNc1nc(-c2c(C)nn(C)c2OC)nc(C)c1I. The first-order valence-electron chi connectivity index (χ1n) is 6.85. The quantitative estimate of drug-likeness (QED) is 0.781. The molecule has 0 amide bonds. The van der Waals surface area contributed by atoms with E-state index in [1.165, 1.54) is 0 Å². The summed E-state index contributed by atoms with van der Waals surface area (Å²) in [4.78, 5) is 9.26. The summed E-state index contributed by atoms with van der Waals surface area (Å²) in [6, 6.07) is 0. The Morgan fingerprint density at radius 3 is 2.57 bits per heavy atom. The van der Waals surface area contributed by atoms with Gasteiger partial charge in [-0.1, -0.05) is 6.92 Å². The summed E-state index contributed by atoms with van der Waals surface area (Å²) in [5, 5.41) is 7.74. The van der Waals surface area contributed by atoms with E-state index in [9.17, 15) is 0 Å². The zero-order valence-electron chi connectivity index (χ0n) is 13.0. The number of rotatable bonds is 5. The number of aryl methyl sites for hydroxylation is 3. The molecule has 0 saturated heterocycles. The summed E-state index contributed by atoms with van der Waals surface area (Å²) in [6.45, 7) is 6.94. The van der Waals surface area contributed by atoms with Gasteiger partial charge in [0.25, 0.3) is 0 Å². The van der Waals surface area contributed by atoms with Crippen molar-refractivity contribution in [3.63, 3.8) is 0 Å². The fraction of sp³-hybridized carbons (Fsp3) is 0.500. The molecular weight excluding hydrogens is 381 g/mol. The van der Waals surface area contributed by atoms with Crippen LogP contribution in [0.5, 0.6) is 5.88 Å². The second-order valence-corrected chi connectivity index (χ2v) is 5.89. The average molecular weight is 401 g/mol. The Morgan fingerprint density at radius 2 is 1.95 bits per heavy atom. The van der Waals surface area contributed by atoms with E-state index in [1.807, 2.05) is 20.9 Å². The Kier molecular flexibility index (Phi) is 5.02. The Bertz CT molecular complexity index is 653. The second kappa shape index (κ2) is 6.59. The van der Waals surface area contributed by atoms with E-state index in [1.54, 1.807) is 11.8 Å². The third kappa shape index (κ3) is 3.12. The lowest BCUT2D eigenvalue weighted by atomic mass is 10.2. The second-order valence-electron chi connectivity index (χ2n) is 4.82. The van der Waals surface area contributed by atoms with Crippen LogP contribution in [0.2, 0.25) is 0 Å². The van der Waals surface area contributed by atoms with Crippen LogP contribution in [0.15, 0.2) is 0 Å². The van der Waals surface area contributed by atoms with Crippen molar-refractivity contribution in [3.8, 4) is 17.3 Å². The number of nitrogens with one attached hydrogen (secondary N) is 1. The molecule has 0 aliphatic rings. The van der Waals surface area contributed by atoms with E-state index < -0.39 is 0 Å². The molecule has 0 aromatic carbocycles. The van der Waals surface area contributed by atoms with E-state index in [2.05, 4.69) is 49.9 Å². The van der Waals surface area contributed by atoms with Gasteiger partial charge in [-0.2, -0.15) is 5.10 Å². The lowest BCUT2D eigenvalue weighted by Gasteiger charge is -2.11. The molecule has 21 heavy (non-hydrogen) atoms. The number of ether oxygens (including phenoxy) is 1. The highest BCUT2D eigenvalue weighted by molar-refractivity contribution is 14.1. The number of anilines is 1. The molecule has 114 valence electrons. The summed E-state index contributed by atoms with van der Waals surface area (Å²) >= 11 is 2.27. The van der Waals surface area contributed by atoms with Crippen molar-refractivity contribution >= 4 is 28.4 Å². The van der Waals surface area contributed by atoms with Crippen molar-refractivity contribution < 1.29 is 4.74 Å². The van der Waals surface area contributed by atoms with Crippen LogP contribution in [-0.2, 0) is 7.05 Å². The van der Waals surface area contributed by atoms with E-state index >= 15 is 0 Å². The predicted octanol–water partition coefficient (Wildman–Crippen LogP) is 2.93. The van der Waals surface area contributed by atoms with Crippen molar-refractivity contribution in [2.24, 2.45) is 7.05 Å². The molecule has 2 aromatic rings. The van der Waals surface area contributed by atoms with Crippen LogP contribution in [0.1, 0.15) is 24.7 Å². The maximum absolute atomic E-state index is 5.44. The molecule has 0 atom stereocenters. The first-order valence-corrected chi connectivity index (χ1v) is 7.93. The van der Waals surface area contributed by atoms with Crippen molar-refractivity contribution in [2.75, 3.05) is 19.0 Å². The standard InChI is InChI=1S/C14H20IN5O/c1-6-7-16-13-11(15)9(3)17-12(18-13)10-8(2)19-20(4)14(10)21-5/h6-7H2,1-5H3,(H,16,17,18). The molecule has 0 bridgehead atoms. The van der Waals surface area contributed by atoms with E-state index in [-0.39, 0.29) is 0 Å². The predicted molar refractivity (Wildman–Crippen MR) is 91.8 cm³/mol. The molecule has 2 aromatic heterocycles. The number of aromatic nitrogens is 4. The van der Waals surface area contributed by atoms with E-state index in [4.69, 9.17) is 4.74 Å². The molecule has 0 fully saturated rings. The summed E-state index contributed by atoms with van der Waals surface area (Å²) in [7, 11) is 3.49. The van der Waals surface area contributed by atoms with E-state index in [0.29, 0.717) is 11.7 Å². The van der Waals surface area contributed by atoms with Gasteiger partial charge in [-0.25, -0.2) is 14.6 Å². The van der Waals surface area contributed by atoms with Gasteiger partial charge >= 0.3 is 0 Å². The Balaban J connectivity index is 2.57. The third-order valence-corrected chi connectivity index (χ3v) is 4.44. The third-order valence-electron chi connectivity index (χ3n) is 3.15. The largest absolute Gasteiger partial charge is 0.481 e. The van der Waals surface area contributed by atoms with Gasteiger partial charge in [-0.05, 0) is 42.9 Å². The topological polar surface area (TPSA) is 64.9 Å². The van der Waals surface area contributed by atoms with Crippen LogP contribution in [-0.4, -0.2) is 33.4 Å². The van der Waals surface area contributed by atoms with Gasteiger partial charge in [0.15, 0.2) is 5.82 Å². The first kappa shape index (κ1) is 16.0. The minimum absolute atomic E-state index is 0.647. The van der Waals surface area contributed by atoms with E-state index in [0.717, 1.165) is 39.3 Å². The number of hydrogen-bond acceptors (Lipinski definition) is 5. The summed E-state index contributed by atoms with van der Waals surface area (Å²) in [6.07, 6.45) is 1.05. The normalized spacial score (nSPS) is 10.8. The van der Waals surface area contributed by atoms with Gasteiger partial charge < -0.3 is 10.1 Å². The minimum atomic E-state index is 0.647. The first-order chi connectivity index (χ1) is 9.99. The van der Waals surface area contributed by atoms with Crippen LogP contribution in [0.4, 0.5) is 5.82 Å². The van der Waals surface area contributed by atoms with Gasteiger partial charge in [0.05, 0.1) is 22.1 Å². The highest BCUT2D eigenvalue weighted by atomic mass is 127. The van der Waals surface area contributed by atoms with Crippen molar-refractivity contribution in [2.45, 2.75) is 27.2 Å². The highest BCUT2D eigenvalue weighted by Crippen LogP contribution is 2.32. The van der Waals surface area contributed by atoms with Crippen molar-refractivity contribution in [1.29, 1.82) is 0 Å². The zero-order chi connectivity index (χ0) is 15.6. The van der Waals surface area contributed by atoms with Crippen molar-refractivity contribution in [3.05, 3.63) is 15.0 Å². The van der Waals surface area contributed by atoms with Crippen LogP contribution < -0.4 is 10.1 Å². The molecule has 0 aliphatic heterocycles. The molecule has 0 saturated carbocycles. The summed E-state index contributed by atoms with van der Waals surface area (Å²) in [5.41, 5.74) is 2.65. The molecule has 1 N–H and O–H groups in total. The molecule has 6 nitrogen and oxygen atoms in total. The number of halogens is 1. The smallest absolute Gasteiger partial charge is 0.222 e. The number of methoxy groups -OCH3 is 1. The fourth-order valence-corrected chi connectivity index (χ4v) is 2.59. The van der Waals surface area contributed by atoms with Gasteiger partial charge in [-0.3, -0.25) is 0 Å². The highest BCUT2D eigenvalue weighted by Gasteiger charge is 2.20. The molecule has 0 aliphatic carbocycles. The maximum atomic E-state index is 5.44. The number of hydrogen-bond donors (Lipinski definition) is 1. The Labute approximate surface area is 138 Å². The Morgan fingerprint density at radius 1 is 1.24 bits per heavy atom. The monoisotopic (exact) mass is 401 g/mol. The summed E-state index contributed by atoms with van der Waals surface area (Å²) in [5.74, 6) is 2.19. The van der Waals surface area contributed by atoms with Gasteiger partial charge in [0.2, 0.25) is 5.88 Å². The number of nitrogens with zero attached hydrogens (tertiary/aromatic N) is 4. The van der Waals surface area contributed by atoms with Gasteiger partial charge in [-0.15, -0.1) is 0 Å². The fourth-order valence-electron chi connectivity index (χ4n) is 2.16. The molecule has 0 unspecified atom stereocenters. The molecule has 0 spiro atoms. The van der Waals surface area contributed by atoms with Gasteiger partial charge in [0.1, 0.15) is 11.4 Å². The zero-order valence-corrected chi connectivity index (χ0v) is 15.1. The Hall–Kier alpha value is -1.38. The lowest BCUT2D eigenvalue weighted by molar-refractivity contribution is 0.374. The maximum Gasteiger partial charge on any atom is 0.222 e. The average Bonchev–Trinajstić information content (AvgIpc) is 2.74. The summed E-state index contributed by atoms with van der Waals surface area (Å²) < 4.78 is 8.20. The van der Waals surface area contributed by atoms with Crippen molar-refractivity contribution in [1.82, 2.24) is 19.7 Å². The molecule has 7 heteroatoms. The molecule has 2 heterocycles. The minimum Gasteiger partial charge on any atom is -0.481 e. The van der Waals surface area contributed by atoms with Crippen LogP contribution in [0.3, 0.4) is 0 Å². The molecule has 0 radical (unpaired) electrons. The molecular formula is C14H20IN5O. The molecule has 2 rings (SSSR count). The van der Waals surface area contributed by atoms with Crippen LogP contribution in [0, 0.1) is 17.4 Å². The van der Waals surface area contributed by atoms with Gasteiger partial charge in [0, 0.05) is 13.6 Å².